The first-order valence-corrected chi connectivity index (χ1v) is 6.91. The summed E-state index contributed by atoms with van der Waals surface area (Å²) in [5.41, 5.74) is 0. The number of halogens is 1. The van der Waals surface area contributed by atoms with E-state index < -0.39 is 0 Å². The van der Waals surface area contributed by atoms with Crippen molar-refractivity contribution < 1.29 is 9.90 Å². The summed E-state index contributed by atoms with van der Waals surface area (Å²) in [5.74, 6) is 0.00694. The van der Waals surface area contributed by atoms with Crippen LogP contribution in [0.15, 0.2) is 15.9 Å². The van der Waals surface area contributed by atoms with Crippen molar-refractivity contribution in [2.24, 2.45) is 0 Å². The third kappa shape index (κ3) is 2.47. The zero-order valence-electron chi connectivity index (χ0n) is 9.02. The summed E-state index contributed by atoms with van der Waals surface area (Å²) in [5, 5.41) is 9.41. The highest BCUT2D eigenvalue weighted by molar-refractivity contribution is 9.11. The monoisotopic (exact) mass is 303 g/mol. The highest BCUT2D eigenvalue weighted by atomic mass is 79.9. The third-order valence-corrected chi connectivity index (χ3v) is 4.67. The van der Waals surface area contributed by atoms with Gasteiger partial charge in [0.15, 0.2) is 0 Å². The van der Waals surface area contributed by atoms with Crippen molar-refractivity contribution in [1.29, 1.82) is 0 Å². The van der Waals surface area contributed by atoms with Crippen molar-refractivity contribution in [3.05, 3.63) is 20.8 Å². The Balaban J connectivity index is 2.04. The smallest absolute Gasteiger partial charge is 0.230 e. The number of rotatable bonds is 2. The van der Waals surface area contributed by atoms with Gasteiger partial charge in [-0.25, -0.2) is 0 Å². The first kappa shape index (κ1) is 12.1. The van der Waals surface area contributed by atoms with Gasteiger partial charge in [0, 0.05) is 18.0 Å². The van der Waals surface area contributed by atoms with Gasteiger partial charge in [-0.1, -0.05) is 0 Å². The number of hydrogen-bond acceptors (Lipinski definition) is 3. The van der Waals surface area contributed by atoms with Crippen LogP contribution in [-0.4, -0.2) is 35.1 Å². The van der Waals surface area contributed by atoms with E-state index in [1.807, 2.05) is 19.1 Å². The quantitative estimate of drug-likeness (QED) is 0.910. The maximum absolute atomic E-state index is 12.1. The van der Waals surface area contributed by atoms with Crippen LogP contribution in [0.4, 0.5) is 0 Å². The number of aliphatic hydroxyl groups is 1. The summed E-state index contributed by atoms with van der Waals surface area (Å²) in [6.45, 7) is 3.08. The number of aliphatic hydroxyl groups excluding tert-OH is 1. The fraction of sp³-hybridized carbons (Fsp3) is 0.545. The van der Waals surface area contributed by atoms with Crippen LogP contribution < -0.4 is 0 Å². The second kappa shape index (κ2) is 4.85. The second-order valence-corrected chi connectivity index (χ2v) is 6.58. The van der Waals surface area contributed by atoms with Crippen LogP contribution in [-0.2, 0) is 4.79 Å². The van der Waals surface area contributed by atoms with Gasteiger partial charge in [-0.3, -0.25) is 4.79 Å². The maximum atomic E-state index is 12.1. The van der Waals surface area contributed by atoms with Gasteiger partial charge >= 0.3 is 0 Å². The summed E-state index contributed by atoms with van der Waals surface area (Å²) in [6.07, 6.45) is 0.360. The molecule has 2 atom stereocenters. The van der Waals surface area contributed by atoms with E-state index in [0.717, 1.165) is 8.66 Å². The minimum absolute atomic E-state index is 0.110. The van der Waals surface area contributed by atoms with Crippen LogP contribution in [0.2, 0.25) is 0 Å². The topological polar surface area (TPSA) is 40.5 Å². The molecule has 3 nitrogen and oxygen atoms in total. The van der Waals surface area contributed by atoms with Crippen molar-refractivity contribution in [3.63, 3.8) is 0 Å². The van der Waals surface area contributed by atoms with Gasteiger partial charge in [-0.15, -0.1) is 11.3 Å². The molecule has 0 saturated carbocycles. The average Bonchev–Trinajstić information content (AvgIpc) is 2.85. The number of β-amino-alcohol motifs (C(OH)–C–C–N with tert-alkyl or cyclic N) is 1. The molecule has 1 amide bonds. The van der Waals surface area contributed by atoms with E-state index in [1.165, 1.54) is 0 Å². The molecule has 1 fully saturated rings. The largest absolute Gasteiger partial charge is 0.391 e. The van der Waals surface area contributed by atoms with Crippen molar-refractivity contribution in [2.75, 3.05) is 13.1 Å². The lowest BCUT2D eigenvalue weighted by atomic mass is 10.1. The van der Waals surface area contributed by atoms with Gasteiger partial charge in [0.1, 0.15) is 0 Å². The summed E-state index contributed by atoms with van der Waals surface area (Å²) < 4.78 is 1.05. The lowest BCUT2D eigenvalue weighted by molar-refractivity contribution is -0.131. The molecular weight excluding hydrogens is 290 g/mol. The minimum atomic E-state index is -0.341. The van der Waals surface area contributed by atoms with E-state index in [0.29, 0.717) is 19.5 Å². The summed E-state index contributed by atoms with van der Waals surface area (Å²) >= 11 is 4.99. The zero-order valence-corrected chi connectivity index (χ0v) is 11.4. The summed E-state index contributed by atoms with van der Waals surface area (Å²) in [7, 11) is 0. The molecule has 1 aliphatic rings. The first-order valence-electron chi connectivity index (χ1n) is 5.30. The van der Waals surface area contributed by atoms with Crippen molar-refractivity contribution in [2.45, 2.75) is 25.4 Å². The normalized spacial score (nSPS) is 22.4. The van der Waals surface area contributed by atoms with E-state index in [2.05, 4.69) is 15.9 Å². The maximum Gasteiger partial charge on any atom is 0.230 e. The Morgan fingerprint density at radius 2 is 2.44 bits per heavy atom. The molecule has 0 aliphatic carbocycles. The fourth-order valence-electron chi connectivity index (χ4n) is 1.90. The molecule has 1 unspecified atom stereocenters. The lowest BCUT2D eigenvalue weighted by Crippen LogP contribution is -2.32. The highest BCUT2D eigenvalue weighted by Crippen LogP contribution is 2.30. The lowest BCUT2D eigenvalue weighted by Gasteiger charge is -2.19. The van der Waals surface area contributed by atoms with Gasteiger partial charge in [-0.2, -0.15) is 0 Å². The molecule has 2 rings (SSSR count). The molecule has 2 heterocycles. The fourth-order valence-corrected chi connectivity index (χ4v) is 3.37. The average molecular weight is 304 g/mol. The number of thiophene rings is 1. The number of likely N-dealkylation sites (tertiary alicyclic amines) is 1. The molecular formula is C11H14BrNO2S. The van der Waals surface area contributed by atoms with Crippen LogP contribution in [0.3, 0.4) is 0 Å². The number of nitrogens with zero attached hydrogens (tertiary/aromatic N) is 1. The Hall–Kier alpha value is -0.390. The Bertz CT molecular complexity index is 393. The molecule has 0 radical (unpaired) electrons. The predicted molar refractivity (Wildman–Crippen MR) is 67.6 cm³/mol. The predicted octanol–water partition coefficient (Wildman–Crippen LogP) is 2.21. The minimum Gasteiger partial charge on any atom is -0.391 e. The van der Waals surface area contributed by atoms with Crippen molar-refractivity contribution in [3.8, 4) is 0 Å². The van der Waals surface area contributed by atoms with Crippen LogP contribution >= 0.6 is 27.3 Å². The number of carbonyl (C=O) groups excluding carboxylic acids is 1. The first-order chi connectivity index (χ1) is 7.58. The number of amides is 1. The molecule has 1 aliphatic heterocycles. The van der Waals surface area contributed by atoms with Crippen LogP contribution in [0.5, 0.6) is 0 Å². The Morgan fingerprint density at radius 3 is 2.94 bits per heavy atom. The van der Waals surface area contributed by atoms with Gasteiger partial charge in [0.2, 0.25) is 5.91 Å². The molecule has 0 aromatic carbocycles. The van der Waals surface area contributed by atoms with Gasteiger partial charge in [0.05, 0.1) is 15.8 Å². The molecule has 1 saturated heterocycles. The van der Waals surface area contributed by atoms with E-state index in [-0.39, 0.29) is 17.9 Å². The molecule has 1 aromatic heterocycles. The molecule has 16 heavy (non-hydrogen) atoms. The second-order valence-electron chi connectivity index (χ2n) is 4.09. The number of carbonyl (C=O) groups is 1. The van der Waals surface area contributed by atoms with Crippen LogP contribution in [0, 0.1) is 0 Å². The summed E-state index contributed by atoms with van der Waals surface area (Å²) in [4.78, 5) is 14.9. The molecule has 0 spiro atoms. The summed E-state index contributed by atoms with van der Waals surface area (Å²) in [6, 6.07) is 3.94. The Labute approximate surface area is 107 Å². The molecule has 5 heteroatoms. The van der Waals surface area contributed by atoms with Gasteiger partial charge in [0.25, 0.3) is 0 Å². The molecule has 88 valence electrons. The highest BCUT2D eigenvalue weighted by Gasteiger charge is 2.28. The molecule has 0 bridgehead atoms. The van der Waals surface area contributed by atoms with Crippen LogP contribution in [0.25, 0.3) is 0 Å². The Morgan fingerprint density at radius 1 is 1.69 bits per heavy atom. The zero-order chi connectivity index (χ0) is 11.7. The molecule has 1 aromatic rings. The van der Waals surface area contributed by atoms with Crippen molar-refractivity contribution >= 4 is 33.2 Å². The van der Waals surface area contributed by atoms with Gasteiger partial charge in [-0.05, 0) is 41.4 Å². The van der Waals surface area contributed by atoms with Crippen molar-refractivity contribution in [1.82, 2.24) is 4.90 Å². The van der Waals surface area contributed by atoms with E-state index in [9.17, 15) is 9.90 Å². The third-order valence-electron chi connectivity index (χ3n) is 2.87. The van der Waals surface area contributed by atoms with E-state index in [1.54, 1.807) is 16.2 Å². The van der Waals surface area contributed by atoms with Gasteiger partial charge < -0.3 is 10.0 Å². The van der Waals surface area contributed by atoms with Crippen LogP contribution in [0.1, 0.15) is 24.1 Å². The standard InChI is InChI=1S/C11H14BrNO2S/c1-7(9-2-3-10(12)16-9)11(15)13-5-4-8(14)6-13/h2-3,7-8,14H,4-6H2,1H3/t7?,8-/m1/s1. The van der Waals surface area contributed by atoms with E-state index >= 15 is 0 Å². The molecule has 1 N–H and O–H groups in total. The number of hydrogen-bond donors (Lipinski definition) is 1. The SMILES string of the molecule is CC(C(=O)N1CC[C@@H](O)C1)c1ccc(Br)s1. The Kier molecular flexibility index (Phi) is 3.66. The van der Waals surface area contributed by atoms with E-state index in [4.69, 9.17) is 0 Å².